The van der Waals surface area contributed by atoms with Crippen molar-refractivity contribution in [1.82, 2.24) is 10.3 Å². The molecule has 124 valence electrons. The predicted molar refractivity (Wildman–Crippen MR) is 95.6 cm³/mol. The zero-order chi connectivity index (χ0) is 17.4. The maximum atomic E-state index is 12.0. The Bertz CT molecular complexity index is 727. The Balaban J connectivity index is 2.03. The minimum atomic E-state index is -0.323. The molecular formula is C18H20N4O2. The lowest BCUT2D eigenvalue weighted by Gasteiger charge is -2.13. The molecular weight excluding hydrogens is 304 g/mol. The van der Waals surface area contributed by atoms with Gasteiger partial charge in [0.2, 0.25) is 5.91 Å². The third-order valence-electron chi connectivity index (χ3n) is 2.95. The predicted octanol–water partition coefficient (Wildman–Crippen LogP) is 3.26. The largest absolute Gasteiger partial charge is 0.336 e. The fourth-order valence-electron chi connectivity index (χ4n) is 1.93. The van der Waals surface area contributed by atoms with Crippen molar-refractivity contribution in [3.8, 4) is 0 Å². The minimum absolute atomic E-state index is 0.0214. The van der Waals surface area contributed by atoms with E-state index in [-0.39, 0.29) is 18.0 Å². The maximum absolute atomic E-state index is 12.0. The average Bonchev–Trinajstić information content (AvgIpc) is 2.55. The van der Waals surface area contributed by atoms with Gasteiger partial charge in [-0.05, 0) is 44.2 Å². The fraction of sp³-hybridized carbons (Fsp3) is 0.167. The minimum Gasteiger partial charge on any atom is -0.336 e. The summed E-state index contributed by atoms with van der Waals surface area (Å²) in [5.41, 5.74) is 1.73. The number of rotatable bonds is 5. The summed E-state index contributed by atoms with van der Waals surface area (Å²) < 4.78 is 0. The van der Waals surface area contributed by atoms with Crippen molar-refractivity contribution in [3.05, 3.63) is 60.4 Å². The van der Waals surface area contributed by atoms with Gasteiger partial charge in [0, 0.05) is 18.3 Å². The van der Waals surface area contributed by atoms with Crippen molar-refractivity contribution in [3.63, 3.8) is 0 Å². The van der Waals surface area contributed by atoms with Gasteiger partial charge in [-0.3, -0.25) is 9.78 Å². The Kier molecular flexibility index (Phi) is 6.08. The van der Waals surface area contributed by atoms with Gasteiger partial charge < -0.3 is 16.0 Å². The Hall–Kier alpha value is -3.15. The molecule has 3 N–H and O–H groups in total. The highest BCUT2D eigenvalue weighted by Crippen LogP contribution is 2.20. The molecule has 0 aliphatic heterocycles. The van der Waals surface area contributed by atoms with Gasteiger partial charge in [0.05, 0.1) is 17.1 Å². The van der Waals surface area contributed by atoms with Gasteiger partial charge in [0.1, 0.15) is 0 Å². The normalized spacial score (nSPS) is 10.6. The first-order valence-corrected chi connectivity index (χ1v) is 7.61. The van der Waals surface area contributed by atoms with Gasteiger partial charge in [0.15, 0.2) is 0 Å². The van der Waals surface area contributed by atoms with Crippen molar-refractivity contribution >= 4 is 29.4 Å². The summed E-state index contributed by atoms with van der Waals surface area (Å²) in [5.74, 6) is -0.306. The summed E-state index contributed by atoms with van der Waals surface area (Å²) in [7, 11) is 0. The highest BCUT2D eigenvalue weighted by atomic mass is 16.2. The highest BCUT2D eigenvalue weighted by Gasteiger charge is 2.08. The van der Waals surface area contributed by atoms with Crippen LogP contribution in [0.25, 0.3) is 6.08 Å². The van der Waals surface area contributed by atoms with E-state index in [0.29, 0.717) is 17.1 Å². The number of aromatic nitrogens is 1. The molecule has 6 nitrogen and oxygen atoms in total. The molecule has 0 saturated carbocycles. The Labute approximate surface area is 141 Å². The van der Waals surface area contributed by atoms with Crippen molar-refractivity contribution in [2.24, 2.45) is 0 Å². The summed E-state index contributed by atoms with van der Waals surface area (Å²) in [6.07, 6.45) is 4.67. The molecule has 0 atom stereocenters. The first-order valence-electron chi connectivity index (χ1n) is 7.61. The molecule has 1 heterocycles. The maximum Gasteiger partial charge on any atom is 0.319 e. The molecule has 0 unspecified atom stereocenters. The van der Waals surface area contributed by atoms with Crippen LogP contribution in [0.3, 0.4) is 0 Å². The summed E-state index contributed by atoms with van der Waals surface area (Å²) >= 11 is 0. The molecule has 0 radical (unpaired) electrons. The zero-order valence-corrected chi connectivity index (χ0v) is 13.6. The molecule has 0 spiro atoms. The molecule has 0 aliphatic rings. The summed E-state index contributed by atoms with van der Waals surface area (Å²) in [6, 6.07) is 12.2. The fourth-order valence-corrected chi connectivity index (χ4v) is 1.93. The van der Waals surface area contributed by atoms with Crippen LogP contribution in [0.4, 0.5) is 16.2 Å². The summed E-state index contributed by atoms with van der Waals surface area (Å²) in [5, 5.41) is 8.20. The van der Waals surface area contributed by atoms with E-state index < -0.39 is 0 Å². The van der Waals surface area contributed by atoms with Crippen LogP contribution in [0.2, 0.25) is 0 Å². The lowest BCUT2D eigenvalue weighted by Crippen LogP contribution is -2.34. The number of benzene rings is 1. The SMILES string of the molecule is CC(C)NC(=O)Nc1ccccc1NC(=O)/C=C/c1ccccn1. The van der Waals surface area contributed by atoms with Crippen molar-refractivity contribution < 1.29 is 9.59 Å². The van der Waals surface area contributed by atoms with Gasteiger partial charge in [0.25, 0.3) is 0 Å². The van der Waals surface area contributed by atoms with Crippen LogP contribution >= 0.6 is 0 Å². The number of nitrogens with zero attached hydrogens (tertiary/aromatic N) is 1. The summed E-state index contributed by atoms with van der Waals surface area (Å²) in [6.45, 7) is 3.74. The molecule has 3 amide bonds. The number of amides is 3. The van der Waals surface area contributed by atoms with Crippen LogP contribution in [-0.4, -0.2) is 23.0 Å². The molecule has 2 aromatic rings. The second kappa shape index (κ2) is 8.47. The van der Waals surface area contributed by atoms with Crippen LogP contribution in [-0.2, 0) is 4.79 Å². The quantitative estimate of drug-likeness (QED) is 0.738. The van der Waals surface area contributed by atoms with Crippen LogP contribution in [0.1, 0.15) is 19.5 Å². The van der Waals surface area contributed by atoms with E-state index in [2.05, 4.69) is 20.9 Å². The lowest BCUT2D eigenvalue weighted by molar-refractivity contribution is -0.111. The van der Waals surface area contributed by atoms with Gasteiger partial charge in [-0.25, -0.2) is 4.79 Å². The Morgan fingerprint density at radius 2 is 1.67 bits per heavy atom. The van der Waals surface area contributed by atoms with Gasteiger partial charge in [-0.15, -0.1) is 0 Å². The Morgan fingerprint density at radius 3 is 2.29 bits per heavy atom. The van der Waals surface area contributed by atoms with Gasteiger partial charge >= 0.3 is 6.03 Å². The molecule has 0 fully saturated rings. The molecule has 1 aromatic carbocycles. The van der Waals surface area contributed by atoms with E-state index in [1.165, 1.54) is 6.08 Å². The van der Waals surface area contributed by atoms with Gasteiger partial charge in [-0.1, -0.05) is 18.2 Å². The van der Waals surface area contributed by atoms with E-state index in [0.717, 1.165) is 0 Å². The molecule has 0 bridgehead atoms. The number of hydrogen-bond acceptors (Lipinski definition) is 3. The number of nitrogens with one attached hydrogen (secondary N) is 3. The molecule has 2 rings (SSSR count). The standard InChI is InChI=1S/C18H20N4O2/c1-13(2)20-18(24)22-16-9-4-3-8-15(16)21-17(23)11-10-14-7-5-6-12-19-14/h3-13H,1-2H3,(H,21,23)(H2,20,22,24)/b11-10+. The number of pyridine rings is 1. The second-order valence-corrected chi connectivity index (χ2v) is 5.38. The van der Waals surface area contributed by atoms with E-state index in [1.54, 1.807) is 42.6 Å². The molecule has 24 heavy (non-hydrogen) atoms. The molecule has 6 heteroatoms. The highest BCUT2D eigenvalue weighted by molar-refractivity contribution is 6.05. The van der Waals surface area contributed by atoms with Crippen LogP contribution in [0.15, 0.2) is 54.7 Å². The first-order chi connectivity index (χ1) is 11.5. The second-order valence-electron chi connectivity index (χ2n) is 5.38. The zero-order valence-electron chi connectivity index (χ0n) is 13.6. The number of carbonyl (C=O) groups is 2. The van der Waals surface area contributed by atoms with Crippen LogP contribution in [0, 0.1) is 0 Å². The van der Waals surface area contributed by atoms with Gasteiger partial charge in [-0.2, -0.15) is 0 Å². The third kappa shape index (κ3) is 5.57. The van der Waals surface area contributed by atoms with Crippen molar-refractivity contribution in [2.45, 2.75) is 19.9 Å². The molecule has 0 aliphatic carbocycles. The van der Waals surface area contributed by atoms with Crippen LogP contribution < -0.4 is 16.0 Å². The summed E-state index contributed by atoms with van der Waals surface area (Å²) in [4.78, 5) is 28.0. The molecule has 0 saturated heterocycles. The number of para-hydroxylation sites is 2. The van der Waals surface area contributed by atoms with Crippen molar-refractivity contribution in [2.75, 3.05) is 10.6 Å². The van der Waals surface area contributed by atoms with Crippen molar-refractivity contribution in [1.29, 1.82) is 0 Å². The lowest BCUT2D eigenvalue weighted by atomic mass is 10.2. The monoisotopic (exact) mass is 324 g/mol. The van der Waals surface area contributed by atoms with Crippen LogP contribution in [0.5, 0.6) is 0 Å². The van der Waals surface area contributed by atoms with E-state index in [4.69, 9.17) is 0 Å². The van der Waals surface area contributed by atoms with E-state index >= 15 is 0 Å². The smallest absolute Gasteiger partial charge is 0.319 e. The topological polar surface area (TPSA) is 83.1 Å². The first kappa shape index (κ1) is 17.2. The molecule has 1 aromatic heterocycles. The Morgan fingerprint density at radius 1 is 1.00 bits per heavy atom. The number of hydrogen-bond donors (Lipinski definition) is 3. The average molecular weight is 324 g/mol. The number of carbonyl (C=O) groups excluding carboxylic acids is 2. The number of urea groups is 1. The third-order valence-corrected chi connectivity index (χ3v) is 2.95. The van der Waals surface area contributed by atoms with E-state index in [1.807, 2.05) is 26.0 Å². The van der Waals surface area contributed by atoms with E-state index in [9.17, 15) is 9.59 Å². The number of anilines is 2.